The maximum atomic E-state index is 6.84. The lowest BCUT2D eigenvalue weighted by Gasteiger charge is -2.31. The third kappa shape index (κ3) is 6.80. The van der Waals surface area contributed by atoms with Gasteiger partial charge in [-0.1, -0.05) is 163 Å². The van der Waals surface area contributed by atoms with Crippen LogP contribution in [0.25, 0.3) is 44.7 Å². The van der Waals surface area contributed by atoms with E-state index in [4.69, 9.17) is 9.72 Å². The van der Waals surface area contributed by atoms with Crippen molar-refractivity contribution in [1.82, 2.24) is 9.55 Å². The molecule has 1 aliphatic heterocycles. The Labute approximate surface area is 368 Å². The molecule has 1 aliphatic rings. The van der Waals surface area contributed by atoms with Crippen molar-refractivity contribution in [2.24, 2.45) is 0 Å². The van der Waals surface area contributed by atoms with Gasteiger partial charge in [-0.25, -0.2) is 4.98 Å². The van der Waals surface area contributed by atoms with Gasteiger partial charge < -0.3 is 14.4 Å². The van der Waals surface area contributed by atoms with Crippen LogP contribution >= 0.6 is 0 Å². The van der Waals surface area contributed by atoms with Crippen LogP contribution in [0.1, 0.15) is 11.1 Å². The highest BCUT2D eigenvalue weighted by atomic mass is 16.5. The number of rotatable bonds is 9. The molecule has 7 heteroatoms. The number of pyridine rings is 1. The van der Waals surface area contributed by atoms with Gasteiger partial charge in [0.25, 0.3) is 6.33 Å². The minimum Gasteiger partial charge on any atom is -0.458 e. The maximum Gasteiger partial charge on any atom is 0.422 e. The second kappa shape index (κ2) is 16.0. The number of imidazole rings is 1. The number of benzene rings is 8. The number of nitrogens with zero attached hydrogens (tertiary/aromatic N) is 5. The van der Waals surface area contributed by atoms with Crippen LogP contribution in [0, 0.1) is 20.2 Å². The minimum absolute atomic E-state index is 0.184. The average molecular weight is 812 g/mol. The standard InChI is InChI=1S/C56H42BN5O/c1-40-19-16-20-41(2)55(40)57-61(44-25-10-5-11-26-44)52-35-34-47(38-53(52)62(57)54-33-14-15-36-58-54)63-46-28-17-27-45(37-46)59-39-60(51-32-13-12-31-50(51)59)56-48(42-21-6-3-7-22-42)29-18-30-49(56)43-23-8-4-9-24-43/h3-38H,1-2H3. The lowest BCUT2D eigenvalue weighted by Crippen LogP contribution is -2.55. The Balaban J connectivity index is 1.02. The summed E-state index contributed by atoms with van der Waals surface area (Å²) in [6.45, 7) is 4.21. The number of aryl methyl sites for hydroxylation is 2. The van der Waals surface area contributed by atoms with Gasteiger partial charge in [0.15, 0.2) is 0 Å². The van der Waals surface area contributed by atoms with Crippen molar-refractivity contribution < 1.29 is 9.30 Å². The topological polar surface area (TPSA) is 37.4 Å². The molecule has 0 fully saturated rings. The molecule has 6 nitrogen and oxygen atoms in total. The van der Waals surface area contributed by atoms with Crippen LogP contribution in [0.4, 0.5) is 22.9 Å². The summed E-state index contributed by atoms with van der Waals surface area (Å²) in [4.78, 5) is 9.69. The van der Waals surface area contributed by atoms with Crippen molar-refractivity contribution in [2.75, 3.05) is 9.62 Å². The first-order valence-electron chi connectivity index (χ1n) is 21.3. The molecule has 0 spiro atoms. The van der Waals surface area contributed by atoms with Gasteiger partial charge in [-0.15, -0.1) is 0 Å². The molecule has 8 aromatic carbocycles. The van der Waals surface area contributed by atoms with Gasteiger partial charge in [0.05, 0.1) is 33.8 Å². The Kier molecular flexibility index (Phi) is 9.62. The van der Waals surface area contributed by atoms with E-state index in [0.717, 1.165) is 73.3 Å². The first-order valence-corrected chi connectivity index (χ1v) is 21.3. The van der Waals surface area contributed by atoms with E-state index in [1.54, 1.807) is 0 Å². The van der Waals surface area contributed by atoms with Crippen LogP contribution < -0.4 is 24.4 Å². The third-order valence-corrected chi connectivity index (χ3v) is 12.0. The Bertz CT molecular complexity index is 3170. The van der Waals surface area contributed by atoms with Crippen molar-refractivity contribution in [1.29, 1.82) is 0 Å². The zero-order chi connectivity index (χ0) is 42.3. The quantitative estimate of drug-likeness (QED) is 0.0827. The first kappa shape index (κ1) is 37.8. The molecule has 0 saturated heterocycles. The van der Waals surface area contributed by atoms with E-state index in [1.165, 1.54) is 16.6 Å². The highest BCUT2D eigenvalue weighted by Gasteiger charge is 2.45. The fraction of sp³-hybridized carbons (Fsp3) is 0.0357. The molecule has 300 valence electrons. The van der Waals surface area contributed by atoms with Crippen molar-refractivity contribution >= 4 is 46.4 Å². The van der Waals surface area contributed by atoms with E-state index >= 15 is 0 Å². The molecule has 0 saturated carbocycles. The van der Waals surface area contributed by atoms with Crippen LogP contribution in [0.3, 0.4) is 0 Å². The second-order valence-corrected chi connectivity index (χ2v) is 15.9. The van der Waals surface area contributed by atoms with Crippen LogP contribution in [0.2, 0.25) is 0 Å². The smallest absolute Gasteiger partial charge is 0.422 e. The number of aromatic nitrogens is 3. The molecular weight excluding hydrogens is 769 g/mol. The maximum absolute atomic E-state index is 6.84. The molecular formula is C56H42BN5O. The number of hydrogen-bond donors (Lipinski definition) is 0. The molecule has 2 aromatic heterocycles. The number of ether oxygens (including phenoxy) is 1. The fourth-order valence-corrected chi connectivity index (χ4v) is 9.17. The first-order chi connectivity index (χ1) is 31.1. The van der Waals surface area contributed by atoms with Crippen molar-refractivity contribution in [3.05, 3.63) is 236 Å². The van der Waals surface area contributed by atoms with Crippen molar-refractivity contribution in [3.8, 4) is 45.1 Å². The van der Waals surface area contributed by atoms with Gasteiger partial charge >= 0.3 is 6.98 Å². The molecule has 0 radical (unpaired) electrons. The highest BCUT2D eigenvalue weighted by Crippen LogP contribution is 2.48. The number of para-hydroxylation sites is 4. The summed E-state index contributed by atoms with van der Waals surface area (Å²) >= 11 is 0. The van der Waals surface area contributed by atoms with Gasteiger partial charge in [-0.05, 0) is 96.2 Å². The van der Waals surface area contributed by atoms with E-state index in [-0.39, 0.29) is 6.98 Å². The molecule has 0 bridgehead atoms. The molecule has 63 heavy (non-hydrogen) atoms. The Morgan fingerprint density at radius 3 is 1.81 bits per heavy atom. The predicted octanol–water partition coefficient (Wildman–Crippen LogP) is 12.5. The van der Waals surface area contributed by atoms with Crippen molar-refractivity contribution in [3.63, 3.8) is 0 Å². The Morgan fingerprint density at radius 2 is 1.11 bits per heavy atom. The highest BCUT2D eigenvalue weighted by molar-refractivity contribution is 6.85. The minimum atomic E-state index is -0.184. The van der Waals surface area contributed by atoms with Crippen molar-refractivity contribution in [2.45, 2.75) is 13.8 Å². The van der Waals surface area contributed by atoms with Gasteiger partial charge in [0, 0.05) is 18.0 Å². The zero-order valence-electron chi connectivity index (χ0n) is 35.0. The molecule has 0 amide bonds. The number of hydrogen-bond acceptors (Lipinski definition) is 4. The molecule has 10 aromatic rings. The molecule has 0 atom stereocenters. The summed E-state index contributed by atoms with van der Waals surface area (Å²) < 4.78 is 11.2. The monoisotopic (exact) mass is 811 g/mol. The summed E-state index contributed by atoms with van der Waals surface area (Å²) in [5, 5.41) is 0. The van der Waals surface area contributed by atoms with E-state index in [0.29, 0.717) is 5.75 Å². The van der Waals surface area contributed by atoms with Gasteiger partial charge in [0.1, 0.15) is 17.3 Å². The normalized spacial score (nSPS) is 12.2. The molecule has 11 rings (SSSR count). The molecule has 0 N–H and O–H groups in total. The van der Waals surface area contributed by atoms with Crippen LogP contribution in [0.5, 0.6) is 11.5 Å². The molecule has 3 heterocycles. The largest absolute Gasteiger partial charge is 0.458 e. The molecule has 0 unspecified atom stereocenters. The van der Waals surface area contributed by atoms with E-state index in [1.807, 2.05) is 24.4 Å². The van der Waals surface area contributed by atoms with Crippen LogP contribution in [0.15, 0.2) is 219 Å². The van der Waals surface area contributed by atoms with E-state index in [2.05, 4.69) is 233 Å². The number of anilines is 4. The lowest BCUT2D eigenvalue weighted by molar-refractivity contribution is -0.571. The second-order valence-electron chi connectivity index (χ2n) is 15.9. The predicted molar refractivity (Wildman–Crippen MR) is 257 cm³/mol. The third-order valence-electron chi connectivity index (χ3n) is 12.0. The van der Waals surface area contributed by atoms with Crippen LogP contribution in [-0.2, 0) is 0 Å². The lowest BCUT2D eigenvalue weighted by atomic mass is 9.61. The summed E-state index contributed by atoms with van der Waals surface area (Å²) in [6.07, 6.45) is 5.66. The summed E-state index contributed by atoms with van der Waals surface area (Å²) in [6, 6.07) is 74.1. The van der Waals surface area contributed by atoms with Crippen LogP contribution in [-0.4, -0.2) is 16.5 Å². The Hall–Kier alpha value is -8.16. The SMILES string of the molecule is Cc1cccc(C)c1B1N(c2ccccc2)c2ccc(Oc3cccc(-n4[c-][n+](-c5c(-c6ccccc6)cccc5-c5ccccc5)c5ccccc54)c3)cc2N1c1ccccn1. The van der Waals surface area contributed by atoms with Gasteiger partial charge in [-0.2, -0.15) is 0 Å². The van der Waals surface area contributed by atoms with E-state index in [9.17, 15) is 0 Å². The summed E-state index contributed by atoms with van der Waals surface area (Å²) in [5.41, 5.74) is 15.5. The summed E-state index contributed by atoms with van der Waals surface area (Å²) in [5.74, 6) is 2.30. The average Bonchev–Trinajstić information content (AvgIpc) is 3.88. The Morgan fingerprint density at radius 1 is 0.508 bits per heavy atom. The molecule has 0 aliphatic carbocycles. The fourth-order valence-electron chi connectivity index (χ4n) is 9.17. The van der Waals surface area contributed by atoms with Gasteiger partial charge in [-0.3, -0.25) is 9.13 Å². The van der Waals surface area contributed by atoms with E-state index < -0.39 is 0 Å². The zero-order valence-corrected chi connectivity index (χ0v) is 35.0. The summed E-state index contributed by atoms with van der Waals surface area (Å²) in [7, 11) is 0. The number of fused-ring (bicyclic) bond motifs is 2. The van der Waals surface area contributed by atoms with Gasteiger partial charge in [0.2, 0.25) is 0 Å².